The summed E-state index contributed by atoms with van der Waals surface area (Å²) in [4.78, 5) is 45.5. The lowest BCUT2D eigenvalue weighted by atomic mass is 10.1. The number of aromatic nitrogens is 12. The van der Waals surface area contributed by atoms with E-state index >= 15 is 0 Å². The van der Waals surface area contributed by atoms with Crippen LogP contribution in [0.1, 0.15) is 0 Å². The van der Waals surface area contributed by atoms with Crippen LogP contribution >= 0.6 is 142 Å². The average molecular weight is 2110 g/mol. The monoisotopic (exact) mass is 2100 g/mol. The number of pyridine rings is 2. The Bertz CT molecular complexity index is 6880. The lowest BCUT2D eigenvalue weighted by Gasteiger charge is -2.07. The van der Waals surface area contributed by atoms with Crippen LogP contribution in [0.5, 0.6) is 0 Å². The van der Waals surface area contributed by atoms with Gasteiger partial charge in [-0.05, 0) is 190 Å². The molecule has 9 heterocycles. The number of thiophene rings is 1. The molecular weight excluding hydrogens is 2040 g/mol. The molecule has 22 aromatic rings. The molecule has 0 aliphatic carbocycles. The Morgan fingerprint density at radius 2 is 0.778 bits per heavy atom. The fourth-order valence-corrected chi connectivity index (χ4v) is 16.6. The molecule has 616 valence electrons. The summed E-state index contributed by atoms with van der Waals surface area (Å²) in [5.74, 6) is 1.17. The number of furan rings is 1. The molecular formula is C103H69Br6Cl3N12OS. The smallest absolute Gasteiger partial charge is 0.226 e. The second-order valence-corrected chi connectivity index (χ2v) is 34.1. The highest BCUT2D eigenvalue weighted by Gasteiger charge is 2.15. The van der Waals surface area contributed by atoms with Crippen molar-refractivity contribution in [2.75, 3.05) is 0 Å². The van der Waals surface area contributed by atoms with Crippen LogP contribution in [0.25, 0.3) is 137 Å². The van der Waals surface area contributed by atoms with Gasteiger partial charge in [-0.2, -0.15) is 9.97 Å². The average Bonchev–Trinajstić information content (AvgIpc) is 1.60. The first-order chi connectivity index (χ1) is 61.7. The van der Waals surface area contributed by atoms with Crippen LogP contribution in [-0.2, 0) is 0 Å². The Morgan fingerprint density at radius 1 is 0.294 bits per heavy atom. The van der Waals surface area contributed by atoms with Crippen molar-refractivity contribution in [2.24, 2.45) is 0 Å². The van der Waals surface area contributed by atoms with E-state index in [4.69, 9.17) is 39.2 Å². The van der Waals surface area contributed by atoms with Gasteiger partial charge >= 0.3 is 0 Å². The lowest BCUT2D eigenvalue weighted by molar-refractivity contribution is 0.667. The van der Waals surface area contributed by atoms with Gasteiger partial charge in [-0.1, -0.05) is 323 Å². The predicted octanol–water partition coefficient (Wildman–Crippen LogP) is 32.4. The molecule has 22 rings (SSSR count). The summed E-state index contributed by atoms with van der Waals surface area (Å²) < 4.78 is 16.6. The molecule has 0 saturated carbocycles. The summed E-state index contributed by atoms with van der Waals surface area (Å²) >= 11 is 40.1. The summed E-state index contributed by atoms with van der Waals surface area (Å²) in [5.41, 5.74) is 14.6. The number of hydrogen-bond acceptors (Lipinski definition) is 13. The molecule has 23 heteroatoms. The molecule has 0 spiro atoms. The molecule has 13 aromatic carbocycles. The topological polar surface area (TPSA) is 160 Å². The number of rotatable bonds is 7. The zero-order valence-electron chi connectivity index (χ0n) is 66.4. The molecule has 0 N–H and O–H groups in total. The number of fused-ring (bicyclic) bond motifs is 9. The molecule has 0 bridgehead atoms. The number of benzene rings is 13. The third kappa shape index (κ3) is 25.2. The summed E-state index contributed by atoms with van der Waals surface area (Å²) in [5, 5.41) is 8.50. The van der Waals surface area contributed by atoms with Gasteiger partial charge < -0.3 is 8.98 Å². The molecule has 0 aliphatic heterocycles. The van der Waals surface area contributed by atoms with E-state index < -0.39 is 0 Å². The van der Waals surface area contributed by atoms with Gasteiger partial charge in [-0.3, -0.25) is 4.98 Å². The van der Waals surface area contributed by atoms with Crippen LogP contribution in [0.2, 0.25) is 15.7 Å². The second kappa shape index (κ2) is 46.3. The van der Waals surface area contributed by atoms with E-state index in [1.807, 2.05) is 266 Å². The van der Waals surface area contributed by atoms with Crippen LogP contribution in [0.15, 0.2) is 451 Å². The Kier molecular flexibility index (Phi) is 33.1. The van der Waals surface area contributed by atoms with Crippen molar-refractivity contribution in [1.29, 1.82) is 0 Å². The van der Waals surface area contributed by atoms with Gasteiger partial charge in [-0.25, -0.2) is 39.9 Å². The first kappa shape index (κ1) is 90.2. The fourth-order valence-electron chi connectivity index (χ4n) is 12.8. The number of hydrogen-bond donors (Lipinski definition) is 0. The Morgan fingerprint density at radius 3 is 1.33 bits per heavy atom. The highest BCUT2D eigenvalue weighted by Crippen LogP contribution is 2.38. The fraction of sp³-hybridized carbons (Fsp3) is 0. The van der Waals surface area contributed by atoms with Crippen LogP contribution in [0, 0.1) is 0 Å². The molecule has 0 aliphatic rings. The summed E-state index contributed by atoms with van der Waals surface area (Å²) in [7, 11) is 0. The summed E-state index contributed by atoms with van der Waals surface area (Å²) in [6.45, 7) is 0. The van der Waals surface area contributed by atoms with Gasteiger partial charge in [0.1, 0.15) is 21.5 Å². The largest absolute Gasteiger partial charge is 0.455 e. The first-order valence-corrected chi connectivity index (χ1v) is 45.7. The predicted molar refractivity (Wildman–Crippen MR) is 542 cm³/mol. The SMILES string of the molecule is Brc1ccc2c(c1)c1ccccc1n2-c1ccccc1.Brc1ccc2c(c1)sc1ccccc12.Brc1cccc2c1oc1ccccc12.Brc1ccccn1.Brc1cccnc1.Brc1ncccn1.Clc1nc(-c2ccccc2)cc(-c2ccccc2)n1.Clc1nc(-c2ccccc2)nc(-c2ccccc2)n1.Clc1ncc(-c2ccccc2)nc1-c1ccccc1. The van der Waals surface area contributed by atoms with E-state index in [1.54, 1.807) is 43.2 Å². The highest BCUT2D eigenvalue weighted by molar-refractivity contribution is 9.11. The molecule has 0 atom stereocenters. The van der Waals surface area contributed by atoms with Gasteiger partial charge in [-0.15, -0.1) is 11.3 Å². The van der Waals surface area contributed by atoms with E-state index in [0.29, 0.717) is 27.2 Å². The first-order valence-electron chi connectivity index (χ1n) is 39.0. The standard InChI is InChI=1S/C18H12BrN.2C16H11ClN2.C15H10ClN3.C12H7BrO.C12H7BrS.2C5H4BrN.C4H3BrN2/c19-13-10-11-18-16(12-13)15-8-4-5-9-17(15)20(18)14-6-2-1-3-7-14;17-16-15(13-9-5-2-6-10-13)19-14(11-18-16)12-7-3-1-4-8-12;17-16-18-14(12-7-3-1-4-8-12)11-15(19-16)13-9-5-2-6-10-13;16-15-18-13(11-7-3-1-4-8-11)17-14(19-15)12-9-5-2-6-10-12;13-10-6-3-5-9-8-4-1-2-7-11(8)14-12(9)10;13-8-5-6-10-9-3-1-2-4-11(9)14-12(10)7-8;6-5-2-1-3-7-4-5;6-5-3-1-2-4-7-5;5-4-6-2-1-3-7-4/h1-12H;2*1-11H;1-10H;2*1-7H;2*1-4H;1-3H. The van der Waals surface area contributed by atoms with Gasteiger partial charge in [0.2, 0.25) is 10.6 Å². The molecule has 0 fully saturated rings. The normalized spacial score (nSPS) is 10.4. The van der Waals surface area contributed by atoms with E-state index in [-0.39, 0.29) is 10.6 Å². The van der Waals surface area contributed by atoms with Crippen LogP contribution < -0.4 is 0 Å². The van der Waals surface area contributed by atoms with Gasteiger partial charge in [0.15, 0.2) is 21.5 Å². The molecule has 0 amide bonds. The van der Waals surface area contributed by atoms with Crippen LogP contribution in [0.4, 0.5) is 0 Å². The maximum atomic E-state index is 6.14. The van der Waals surface area contributed by atoms with Gasteiger partial charge in [0.25, 0.3) is 0 Å². The Labute approximate surface area is 797 Å². The third-order valence-corrected chi connectivity index (χ3v) is 23.2. The zero-order valence-corrected chi connectivity index (χ0v) is 79.0. The third-order valence-electron chi connectivity index (χ3n) is 18.5. The van der Waals surface area contributed by atoms with Gasteiger partial charge in [0.05, 0.1) is 38.8 Å². The maximum Gasteiger partial charge on any atom is 0.226 e. The van der Waals surface area contributed by atoms with Crippen molar-refractivity contribution in [3.8, 4) is 73.5 Å². The van der Waals surface area contributed by atoms with E-state index in [0.717, 1.165) is 89.5 Å². The number of halogens is 9. The second-order valence-electron chi connectivity index (χ2n) is 26.9. The summed E-state index contributed by atoms with van der Waals surface area (Å²) in [6, 6.07) is 127. The van der Waals surface area contributed by atoms with Crippen molar-refractivity contribution in [3.63, 3.8) is 0 Å². The van der Waals surface area contributed by atoms with Crippen LogP contribution in [-0.4, -0.2) is 59.4 Å². The Balaban J connectivity index is 0.000000117. The van der Waals surface area contributed by atoms with Crippen LogP contribution in [0.3, 0.4) is 0 Å². The van der Waals surface area contributed by atoms with Crippen molar-refractivity contribution in [2.45, 2.75) is 0 Å². The molecule has 0 unspecified atom stereocenters. The minimum atomic E-state index is 0.202. The van der Waals surface area contributed by atoms with Gasteiger partial charge in [0, 0.05) is 125 Å². The molecule has 13 nitrogen and oxygen atoms in total. The van der Waals surface area contributed by atoms with E-state index in [9.17, 15) is 0 Å². The van der Waals surface area contributed by atoms with Crippen molar-refractivity contribution in [3.05, 3.63) is 462 Å². The lowest BCUT2D eigenvalue weighted by Crippen LogP contribution is -1.96. The maximum absolute atomic E-state index is 6.14. The van der Waals surface area contributed by atoms with E-state index in [1.165, 1.54) is 53.1 Å². The number of nitrogens with zero attached hydrogens (tertiary/aromatic N) is 12. The zero-order chi connectivity index (χ0) is 87.2. The van der Waals surface area contributed by atoms with Crippen molar-refractivity contribution < 1.29 is 4.42 Å². The molecule has 9 aromatic heterocycles. The minimum Gasteiger partial charge on any atom is -0.455 e. The molecule has 126 heavy (non-hydrogen) atoms. The molecule has 0 saturated heterocycles. The summed E-state index contributed by atoms with van der Waals surface area (Å²) in [6.07, 6.45) is 10.3. The molecule has 0 radical (unpaired) electrons. The van der Waals surface area contributed by atoms with Crippen molar-refractivity contribution in [1.82, 2.24) is 59.4 Å². The number of para-hydroxylation sites is 4. The van der Waals surface area contributed by atoms with E-state index in [2.05, 4.69) is 276 Å². The minimum absolute atomic E-state index is 0.202. The Hall–Kier alpha value is -12.0. The quantitative estimate of drug-likeness (QED) is 0.110. The van der Waals surface area contributed by atoms with Crippen molar-refractivity contribution >= 4 is 206 Å². The highest BCUT2D eigenvalue weighted by atomic mass is 79.9.